The molecule has 0 radical (unpaired) electrons. The molecule has 0 saturated heterocycles. The first-order valence-electron chi connectivity index (χ1n) is 6.85. The Labute approximate surface area is 149 Å². The average Bonchev–Trinajstić information content (AvgIpc) is 2.93. The Kier molecular flexibility index (Phi) is 4.54. The summed E-state index contributed by atoms with van der Waals surface area (Å²) in [5.41, 5.74) is 1.20. The lowest BCUT2D eigenvalue weighted by molar-refractivity contribution is 0.534. The number of nitrogens with one attached hydrogen (secondary N) is 1. The van der Waals surface area contributed by atoms with E-state index in [4.69, 9.17) is 27.6 Å². The molecule has 2 aromatic carbocycles. The second-order valence-corrected chi connectivity index (χ2v) is 7.59. The Bertz CT molecular complexity index is 963. The molecule has 124 valence electrons. The molecular formula is C16H12Cl2N2O3S. The zero-order valence-corrected chi connectivity index (χ0v) is 14.8. The number of halogens is 2. The summed E-state index contributed by atoms with van der Waals surface area (Å²) in [7, 11) is -3.79. The SMILES string of the molecule is Cc1ncc(-c2ccc(NS(=O)(=O)c3cc(Cl)cc(Cl)c3)cc2)o1. The van der Waals surface area contributed by atoms with Gasteiger partial charge in [-0.25, -0.2) is 13.4 Å². The van der Waals surface area contributed by atoms with Crippen LogP contribution in [0.15, 0.2) is 58.0 Å². The summed E-state index contributed by atoms with van der Waals surface area (Å²) < 4.78 is 32.7. The molecule has 0 fully saturated rings. The van der Waals surface area contributed by atoms with Crippen LogP contribution in [-0.2, 0) is 10.0 Å². The van der Waals surface area contributed by atoms with Crippen LogP contribution in [-0.4, -0.2) is 13.4 Å². The summed E-state index contributed by atoms with van der Waals surface area (Å²) in [6, 6.07) is 10.9. The van der Waals surface area contributed by atoms with Crippen molar-refractivity contribution >= 4 is 38.9 Å². The van der Waals surface area contributed by atoms with Crippen LogP contribution in [0.1, 0.15) is 5.89 Å². The highest BCUT2D eigenvalue weighted by molar-refractivity contribution is 7.92. The number of oxazole rings is 1. The molecule has 8 heteroatoms. The molecule has 1 heterocycles. The van der Waals surface area contributed by atoms with Gasteiger partial charge >= 0.3 is 0 Å². The second-order valence-electron chi connectivity index (χ2n) is 5.03. The average molecular weight is 383 g/mol. The van der Waals surface area contributed by atoms with E-state index in [9.17, 15) is 8.42 Å². The molecule has 0 saturated carbocycles. The molecule has 1 aromatic heterocycles. The number of aryl methyl sites for hydroxylation is 1. The van der Waals surface area contributed by atoms with Crippen molar-refractivity contribution in [1.29, 1.82) is 0 Å². The predicted octanol–water partition coefficient (Wildman–Crippen LogP) is 4.76. The maximum absolute atomic E-state index is 12.4. The van der Waals surface area contributed by atoms with E-state index in [1.807, 2.05) is 0 Å². The van der Waals surface area contributed by atoms with Crippen molar-refractivity contribution in [1.82, 2.24) is 4.98 Å². The molecule has 0 unspecified atom stereocenters. The molecular weight excluding hydrogens is 371 g/mol. The maximum Gasteiger partial charge on any atom is 0.261 e. The summed E-state index contributed by atoms with van der Waals surface area (Å²) in [4.78, 5) is 4.02. The first-order chi connectivity index (χ1) is 11.3. The first-order valence-corrected chi connectivity index (χ1v) is 9.09. The highest BCUT2D eigenvalue weighted by Gasteiger charge is 2.16. The van der Waals surface area contributed by atoms with E-state index in [-0.39, 0.29) is 14.9 Å². The number of hydrogen-bond acceptors (Lipinski definition) is 4. The standard InChI is InChI=1S/C16H12Cl2N2O3S/c1-10-19-9-16(23-10)11-2-4-14(5-3-11)20-24(21,22)15-7-12(17)6-13(18)8-15/h2-9,20H,1H3. The molecule has 24 heavy (non-hydrogen) atoms. The fourth-order valence-corrected chi connectivity index (χ4v) is 3.88. The number of nitrogens with zero attached hydrogens (tertiary/aromatic N) is 1. The zero-order valence-electron chi connectivity index (χ0n) is 12.5. The fourth-order valence-electron chi connectivity index (χ4n) is 2.10. The third kappa shape index (κ3) is 3.72. The van der Waals surface area contributed by atoms with Crippen LogP contribution in [0.5, 0.6) is 0 Å². The van der Waals surface area contributed by atoms with Crippen molar-refractivity contribution in [3.8, 4) is 11.3 Å². The van der Waals surface area contributed by atoms with Crippen molar-refractivity contribution in [2.75, 3.05) is 4.72 Å². The molecule has 0 spiro atoms. The van der Waals surface area contributed by atoms with Gasteiger partial charge in [-0.2, -0.15) is 0 Å². The van der Waals surface area contributed by atoms with Crippen LogP contribution < -0.4 is 4.72 Å². The minimum absolute atomic E-state index is 0.00469. The van der Waals surface area contributed by atoms with Gasteiger partial charge in [-0.15, -0.1) is 0 Å². The summed E-state index contributed by atoms with van der Waals surface area (Å²) in [5.74, 6) is 1.18. The highest BCUT2D eigenvalue weighted by Crippen LogP contribution is 2.26. The second kappa shape index (κ2) is 6.47. The van der Waals surface area contributed by atoms with Crippen LogP contribution in [0, 0.1) is 6.92 Å². The summed E-state index contributed by atoms with van der Waals surface area (Å²) in [6.07, 6.45) is 1.61. The van der Waals surface area contributed by atoms with E-state index in [0.717, 1.165) is 5.56 Å². The van der Waals surface area contributed by atoms with Crippen molar-refractivity contribution < 1.29 is 12.8 Å². The summed E-state index contributed by atoms with van der Waals surface area (Å²) >= 11 is 11.7. The number of benzene rings is 2. The predicted molar refractivity (Wildman–Crippen MR) is 93.9 cm³/mol. The van der Waals surface area contributed by atoms with E-state index < -0.39 is 10.0 Å². The highest BCUT2D eigenvalue weighted by atomic mass is 35.5. The van der Waals surface area contributed by atoms with Gasteiger partial charge in [0.05, 0.1) is 11.1 Å². The molecule has 0 aliphatic carbocycles. The molecule has 0 aliphatic rings. The van der Waals surface area contributed by atoms with Crippen LogP contribution in [0.2, 0.25) is 10.0 Å². The summed E-state index contributed by atoms with van der Waals surface area (Å²) in [6.45, 7) is 1.75. The lowest BCUT2D eigenvalue weighted by atomic mass is 10.2. The minimum atomic E-state index is -3.79. The van der Waals surface area contributed by atoms with Crippen LogP contribution in [0.25, 0.3) is 11.3 Å². The van der Waals surface area contributed by atoms with Gasteiger partial charge in [-0.05, 0) is 42.5 Å². The number of sulfonamides is 1. The topological polar surface area (TPSA) is 72.2 Å². The number of hydrogen-bond donors (Lipinski definition) is 1. The van der Waals surface area contributed by atoms with E-state index >= 15 is 0 Å². The summed E-state index contributed by atoms with van der Waals surface area (Å²) in [5, 5.41) is 0.498. The van der Waals surface area contributed by atoms with Gasteiger partial charge in [0.2, 0.25) is 0 Å². The smallest absolute Gasteiger partial charge is 0.261 e. The Hall–Kier alpha value is -2.02. The van der Waals surface area contributed by atoms with Gasteiger partial charge in [0.15, 0.2) is 11.7 Å². The monoisotopic (exact) mass is 382 g/mol. The molecule has 0 bridgehead atoms. The Morgan fingerprint density at radius 1 is 1.04 bits per heavy atom. The molecule has 3 aromatic rings. The third-order valence-electron chi connectivity index (χ3n) is 3.19. The number of aromatic nitrogens is 1. The minimum Gasteiger partial charge on any atom is -0.441 e. The van der Waals surface area contributed by atoms with Gasteiger partial charge < -0.3 is 4.42 Å². The zero-order chi connectivity index (χ0) is 17.3. The largest absolute Gasteiger partial charge is 0.441 e. The van der Waals surface area contributed by atoms with Gasteiger partial charge in [0, 0.05) is 28.2 Å². The molecule has 0 aliphatic heterocycles. The molecule has 0 atom stereocenters. The van der Waals surface area contributed by atoms with Gasteiger partial charge in [-0.3, -0.25) is 4.72 Å². The maximum atomic E-state index is 12.4. The molecule has 1 N–H and O–H groups in total. The van der Waals surface area contributed by atoms with Gasteiger partial charge in [-0.1, -0.05) is 23.2 Å². The normalized spacial score (nSPS) is 11.5. The third-order valence-corrected chi connectivity index (χ3v) is 4.99. The Morgan fingerprint density at radius 2 is 1.67 bits per heavy atom. The number of anilines is 1. The van der Waals surface area contributed by atoms with E-state index in [2.05, 4.69) is 9.71 Å². The fraction of sp³-hybridized carbons (Fsp3) is 0.0625. The van der Waals surface area contributed by atoms with Crippen LogP contribution >= 0.6 is 23.2 Å². The van der Waals surface area contributed by atoms with Crippen molar-refractivity contribution in [2.45, 2.75) is 11.8 Å². The van der Waals surface area contributed by atoms with Crippen molar-refractivity contribution in [2.24, 2.45) is 0 Å². The van der Waals surface area contributed by atoms with Crippen molar-refractivity contribution in [3.63, 3.8) is 0 Å². The first kappa shape index (κ1) is 16.8. The van der Waals surface area contributed by atoms with Gasteiger partial charge in [0.25, 0.3) is 10.0 Å². The van der Waals surface area contributed by atoms with Gasteiger partial charge in [0.1, 0.15) is 0 Å². The Morgan fingerprint density at radius 3 is 2.21 bits per heavy atom. The van der Waals surface area contributed by atoms with Crippen LogP contribution in [0.3, 0.4) is 0 Å². The molecule has 3 rings (SSSR count). The van der Waals surface area contributed by atoms with E-state index in [0.29, 0.717) is 17.3 Å². The van der Waals surface area contributed by atoms with E-state index in [1.165, 1.54) is 18.2 Å². The lowest BCUT2D eigenvalue weighted by Crippen LogP contribution is -2.12. The Balaban J connectivity index is 1.85. The van der Waals surface area contributed by atoms with E-state index in [1.54, 1.807) is 37.4 Å². The molecule has 5 nitrogen and oxygen atoms in total. The van der Waals surface area contributed by atoms with Crippen molar-refractivity contribution in [3.05, 3.63) is 64.6 Å². The number of rotatable bonds is 4. The lowest BCUT2D eigenvalue weighted by Gasteiger charge is -2.09. The van der Waals surface area contributed by atoms with Crippen LogP contribution in [0.4, 0.5) is 5.69 Å². The quantitative estimate of drug-likeness (QED) is 0.705. The molecule has 0 amide bonds.